The Labute approximate surface area is 220 Å². The number of H-pyrrole nitrogens is 1. The van der Waals surface area contributed by atoms with E-state index in [4.69, 9.17) is 0 Å². The molecule has 36 heavy (non-hydrogen) atoms. The van der Waals surface area contributed by atoms with Crippen molar-refractivity contribution in [2.75, 3.05) is 55.2 Å². The van der Waals surface area contributed by atoms with Crippen LogP contribution in [0.4, 0.5) is 27.9 Å². The molecule has 1 aromatic carbocycles. The highest BCUT2D eigenvalue weighted by Crippen LogP contribution is 2.23. The number of aromatic nitrogens is 4. The van der Waals surface area contributed by atoms with Crippen molar-refractivity contribution in [1.82, 2.24) is 29.7 Å². The molecule has 0 bridgehead atoms. The van der Waals surface area contributed by atoms with E-state index < -0.39 is 0 Å². The quantitative estimate of drug-likeness (QED) is 0.271. The van der Waals surface area contributed by atoms with Gasteiger partial charge in [-0.05, 0) is 67.0 Å². The van der Waals surface area contributed by atoms with Gasteiger partial charge in [0.05, 0.1) is 10.8 Å². The molecule has 1 aliphatic heterocycles. The lowest BCUT2D eigenvalue weighted by atomic mass is 10.1. The maximum absolute atomic E-state index is 12.9. The highest BCUT2D eigenvalue weighted by molar-refractivity contribution is 9.10. The number of imidazole rings is 1. The van der Waals surface area contributed by atoms with Crippen molar-refractivity contribution in [1.29, 1.82) is 0 Å². The molecule has 0 unspecified atom stereocenters. The van der Waals surface area contributed by atoms with Crippen LogP contribution in [-0.2, 0) is 6.42 Å². The van der Waals surface area contributed by atoms with Gasteiger partial charge in [0.1, 0.15) is 5.82 Å². The SMILES string of the molecule is CCN(CCN1CCCCC1)C(=O)Nc1cccc(Nc2ncc(Br)c(NCCc3cnc[nH]3)n2)c1. The fraction of sp³-hybridized carbons (Fsp3) is 0.440. The summed E-state index contributed by atoms with van der Waals surface area (Å²) in [5.74, 6) is 1.16. The number of carbonyl (C=O) groups excluding carboxylic acids is 1. The number of hydrogen-bond donors (Lipinski definition) is 4. The van der Waals surface area contributed by atoms with Gasteiger partial charge in [-0.3, -0.25) is 0 Å². The van der Waals surface area contributed by atoms with Gasteiger partial charge in [0.25, 0.3) is 0 Å². The average molecular weight is 557 g/mol. The maximum atomic E-state index is 12.9. The van der Waals surface area contributed by atoms with Gasteiger partial charge in [0.15, 0.2) is 0 Å². The van der Waals surface area contributed by atoms with E-state index in [1.807, 2.05) is 42.3 Å². The minimum Gasteiger partial charge on any atom is -0.369 e. The van der Waals surface area contributed by atoms with E-state index in [0.29, 0.717) is 24.9 Å². The largest absolute Gasteiger partial charge is 0.369 e. The number of likely N-dealkylation sites (N-methyl/N-ethyl adjacent to an activating group) is 1. The van der Waals surface area contributed by atoms with E-state index in [1.54, 1.807) is 12.5 Å². The Bertz CT molecular complexity index is 1100. The zero-order chi connectivity index (χ0) is 25.2. The molecule has 192 valence electrons. The zero-order valence-electron chi connectivity index (χ0n) is 20.6. The van der Waals surface area contributed by atoms with Crippen LogP contribution in [-0.4, -0.2) is 75.0 Å². The van der Waals surface area contributed by atoms with Crippen LogP contribution in [0, 0.1) is 0 Å². The fourth-order valence-corrected chi connectivity index (χ4v) is 4.47. The highest BCUT2D eigenvalue weighted by atomic mass is 79.9. The summed E-state index contributed by atoms with van der Waals surface area (Å²) in [7, 11) is 0. The molecule has 3 heterocycles. The summed E-state index contributed by atoms with van der Waals surface area (Å²) in [6, 6.07) is 7.49. The van der Waals surface area contributed by atoms with Gasteiger partial charge in [-0.15, -0.1) is 0 Å². The molecule has 0 atom stereocenters. The Morgan fingerprint density at radius 2 is 2.03 bits per heavy atom. The number of benzene rings is 1. The number of anilines is 4. The number of amides is 2. The molecule has 0 radical (unpaired) electrons. The molecule has 4 N–H and O–H groups in total. The summed E-state index contributed by atoms with van der Waals surface area (Å²) in [6.07, 6.45) is 9.81. The van der Waals surface area contributed by atoms with Crippen molar-refractivity contribution >= 4 is 45.1 Å². The smallest absolute Gasteiger partial charge is 0.321 e. The number of halogens is 1. The van der Waals surface area contributed by atoms with Gasteiger partial charge in [-0.1, -0.05) is 12.5 Å². The Morgan fingerprint density at radius 3 is 2.81 bits per heavy atom. The summed E-state index contributed by atoms with van der Waals surface area (Å²) < 4.78 is 0.780. The first-order valence-electron chi connectivity index (χ1n) is 12.5. The predicted molar refractivity (Wildman–Crippen MR) is 147 cm³/mol. The summed E-state index contributed by atoms with van der Waals surface area (Å²) >= 11 is 3.50. The van der Waals surface area contributed by atoms with Gasteiger partial charge < -0.3 is 30.7 Å². The number of urea groups is 1. The molecule has 2 amide bonds. The Balaban J connectivity index is 1.31. The third-order valence-corrected chi connectivity index (χ3v) is 6.74. The number of nitrogens with zero attached hydrogens (tertiary/aromatic N) is 5. The third kappa shape index (κ3) is 7.66. The second-order valence-corrected chi connectivity index (χ2v) is 9.62. The van der Waals surface area contributed by atoms with Crippen LogP contribution in [0.5, 0.6) is 0 Å². The molecule has 2 aromatic heterocycles. The van der Waals surface area contributed by atoms with E-state index >= 15 is 0 Å². The second-order valence-electron chi connectivity index (χ2n) is 8.76. The molecule has 3 aromatic rings. The Kier molecular flexibility index (Phi) is 9.51. The molecule has 1 saturated heterocycles. The molecule has 0 saturated carbocycles. The van der Waals surface area contributed by atoms with Crippen molar-refractivity contribution in [2.24, 2.45) is 0 Å². The monoisotopic (exact) mass is 555 g/mol. The Hall–Kier alpha value is -3.18. The number of hydrogen-bond acceptors (Lipinski definition) is 7. The maximum Gasteiger partial charge on any atom is 0.321 e. The lowest BCUT2D eigenvalue weighted by Gasteiger charge is -2.29. The topological polar surface area (TPSA) is 114 Å². The molecule has 1 fully saturated rings. The number of piperidine rings is 1. The second kappa shape index (κ2) is 13.2. The third-order valence-electron chi connectivity index (χ3n) is 6.16. The molecular weight excluding hydrogens is 522 g/mol. The molecule has 4 rings (SSSR count). The van der Waals surface area contributed by atoms with E-state index in [2.05, 4.69) is 56.7 Å². The molecule has 10 nitrogen and oxygen atoms in total. The summed E-state index contributed by atoms with van der Waals surface area (Å²) in [5, 5.41) is 9.58. The van der Waals surface area contributed by atoms with Crippen molar-refractivity contribution in [3.05, 3.63) is 53.2 Å². The van der Waals surface area contributed by atoms with Crippen molar-refractivity contribution < 1.29 is 4.79 Å². The summed E-state index contributed by atoms with van der Waals surface area (Å²) in [6.45, 7) is 7.29. The normalized spacial score (nSPS) is 13.8. The molecule has 0 spiro atoms. The minimum absolute atomic E-state index is 0.0877. The molecule has 0 aliphatic carbocycles. The molecule has 1 aliphatic rings. The predicted octanol–water partition coefficient (Wildman–Crippen LogP) is 4.70. The number of likely N-dealkylation sites (tertiary alicyclic amines) is 1. The minimum atomic E-state index is -0.0877. The van der Waals surface area contributed by atoms with Crippen LogP contribution >= 0.6 is 15.9 Å². The van der Waals surface area contributed by atoms with E-state index in [0.717, 1.165) is 54.1 Å². The van der Waals surface area contributed by atoms with E-state index in [-0.39, 0.29) is 6.03 Å². The summed E-state index contributed by atoms with van der Waals surface area (Å²) in [4.78, 5) is 33.3. The van der Waals surface area contributed by atoms with Crippen molar-refractivity contribution in [3.63, 3.8) is 0 Å². The molecule has 11 heteroatoms. The van der Waals surface area contributed by atoms with Crippen LogP contribution in [0.15, 0.2) is 47.5 Å². The van der Waals surface area contributed by atoms with Crippen LogP contribution in [0.25, 0.3) is 0 Å². The lowest BCUT2D eigenvalue weighted by molar-refractivity contribution is 0.184. The van der Waals surface area contributed by atoms with Crippen molar-refractivity contribution in [3.8, 4) is 0 Å². The van der Waals surface area contributed by atoms with E-state index in [9.17, 15) is 4.79 Å². The van der Waals surface area contributed by atoms with E-state index in [1.165, 1.54) is 19.3 Å². The first-order valence-corrected chi connectivity index (χ1v) is 13.3. The van der Waals surface area contributed by atoms with Gasteiger partial charge >= 0.3 is 6.03 Å². The van der Waals surface area contributed by atoms with Crippen LogP contribution in [0.3, 0.4) is 0 Å². The highest BCUT2D eigenvalue weighted by Gasteiger charge is 2.15. The number of aromatic amines is 1. The van der Waals surface area contributed by atoms with Gasteiger partial charge in [0, 0.05) is 62.1 Å². The first-order chi connectivity index (χ1) is 17.6. The standard InChI is InChI=1S/C25H34BrN9O/c1-2-35(14-13-34-11-4-3-5-12-34)25(36)32-20-8-6-7-19(15-20)31-24-29-17-22(26)23(33-24)28-10-9-21-16-27-18-30-21/h6-8,15-18H,2-5,9-14H2,1H3,(H,27,30)(H,32,36)(H2,28,29,31,33). The van der Waals surface area contributed by atoms with Gasteiger partial charge in [-0.25, -0.2) is 14.8 Å². The molecular formula is C25H34BrN9O. The fourth-order valence-electron chi connectivity index (χ4n) is 4.14. The lowest BCUT2D eigenvalue weighted by Crippen LogP contribution is -2.42. The Morgan fingerprint density at radius 1 is 1.19 bits per heavy atom. The number of nitrogens with one attached hydrogen (secondary N) is 4. The van der Waals surface area contributed by atoms with Crippen LogP contribution < -0.4 is 16.0 Å². The van der Waals surface area contributed by atoms with Crippen LogP contribution in [0.1, 0.15) is 31.9 Å². The van der Waals surface area contributed by atoms with Gasteiger partial charge in [-0.2, -0.15) is 4.98 Å². The average Bonchev–Trinajstić information content (AvgIpc) is 3.41. The zero-order valence-corrected chi connectivity index (χ0v) is 22.2. The number of carbonyl (C=O) groups is 1. The van der Waals surface area contributed by atoms with Crippen molar-refractivity contribution in [2.45, 2.75) is 32.6 Å². The first kappa shape index (κ1) is 25.9. The summed E-state index contributed by atoms with van der Waals surface area (Å²) in [5.41, 5.74) is 2.56. The van der Waals surface area contributed by atoms with Gasteiger partial charge in [0.2, 0.25) is 5.95 Å². The van der Waals surface area contributed by atoms with Crippen LogP contribution in [0.2, 0.25) is 0 Å². The number of rotatable bonds is 11.